The molecule has 3 fully saturated rings. The van der Waals surface area contributed by atoms with Crippen LogP contribution in [0.2, 0.25) is 0 Å². The first-order valence-corrected chi connectivity index (χ1v) is 7.54. The van der Waals surface area contributed by atoms with Crippen LogP contribution in [-0.4, -0.2) is 52.8 Å². The monoisotopic (exact) mass is 279 g/mol. The van der Waals surface area contributed by atoms with Gasteiger partial charge in [0.25, 0.3) is 5.91 Å². The molecule has 0 atom stereocenters. The van der Waals surface area contributed by atoms with E-state index in [1.807, 2.05) is 0 Å². The maximum atomic E-state index is 12.3. The third-order valence-corrected chi connectivity index (χ3v) is 4.84. The van der Waals surface area contributed by atoms with Crippen LogP contribution < -0.4 is 5.32 Å². The van der Waals surface area contributed by atoms with Crippen LogP contribution in [0, 0.1) is 0 Å². The molecule has 0 radical (unpaired) electrons. The molecule has 1 N–H and O–H groups in total. The molecule has 0 bridgehead atoms. The Balaban J connectivity index is 1.76. The van der Waals surface area contributed by atoms with Crippen LogP contribution in [0.3, 0.4) is 0 Å². The van der Waals surface area contributed by atoms with Crippen molar-refractivity contribution < 1.29 is 14.4 Å². The minimum Gasteiger partial charge on any atom is -0.341 e. The number of likely N-dealkylation sites (tertiary alicyclic amines) is 1. The lowest BCUT2D eigenvalue weighted by molar-refractivity contribution is -0.134. The van der Waals surface area contributed by atoms with E-state index in [9.17, 15) is 14.4 Å². The highest BCUT2D eigenvalue weighted by Gasteiger charge is 2.53. The Labute approximate surface area is 118 Å². The maximum Gasteiger partial charge on any atom is 0.325 e. The van der Waals surface area contributed by atoms with Crippen LogP contribution in [0.25, 0.3) is 0 Å². The predicted octanol–water partition coefficient (Wildman–Crippen LogP) is 0.863. The van der Waals surface area contributed by atoms with Crippen molar-refractivity contribution in [2.45, 2.75) is 50.5 Å². The van der Waals surface area contributed by atoms with Gasteiger partial charge >= 0.3 is 6.03 Å². The van der Waals surface area contributed by atoms with Crippen molar-refractivity contribution >= 4 is 17.8 Å². The molecule has 3 rings (SSSR count). The van der Waals surface area contributed by atoms with Crippen LogP contribution >= 0.6 is 0 Å². The van der Waals surface area contributed by atoms with E-state index < -0.39 is 11.6 Å². The van der Waals surface area contributed by atoms with Gasteiger partial charge in [-0.05, 0) is 25.7 Å². The zero-order chi connectivity index (χ0) is 14.2. The van der Waals surface area contributed by atoms with E-state index >= 15 is 0 Å². The Morgan fingerprint density at radius 3 is 2.35 bits per heavy atom. The van der Waals surface area contributed by atoms with E-state index in [-0.39, 0.29) is 18.4 Å². The van der Waals surface area contributed by atoms with Gasteiger partial charge in [0.1, 0.15) is 12.1 Å². The summed E-state index contributed by atoms with van der Waals surface area (Å²) in [5.41, 5.74) is -0.759. The summed E-state index contributed by atoms with van der Waals surface area (Å²) in [6, 6.07) is -0.399. The number of hydrogen-bond donors (Lipinski definition) is 1. The Bertz CT molecular complexity index is 437. The number of carbonyl (C=O) groups is 3. The second-order valence-corrected chi connectivity index (χ2v) is 6.03. The number of carbonyl (C=O) groups excluding carboxylic acids is 3. The maximum absolute atomic E-state index is 12.3. The van der Waals surface area contributed by atoms with Crippen LogP contribution in [0.5, 0.6) is 0 Å². The van der Waals surface area contributed by atoms with E-state index in [1.165, 1.54) is 4.90 Å². The molecule has 2 saturated heterocycles. The lowest BCUT2D eigenvalue weighted by Gasteiger charge is -2.38. The van der Waals surface area contributed by atoms with Gasteiger partial charge < -0.3 is 9.80 Å². The molecule has 0 aromatic heterocycles. The van der Waals surface area contributed by atoms with E-state index in [2.05, 4.69) is 5.32 Å². The van der Waals surface area contributed by atoms with Gasteiger partial charge in [-0.15, -0.1) is 0 Å². The fraction of sp³-hybridized carbons (Fsp3) is 0.786. The molecule has 4 amide bonds. The zero-order valence-electron chi connectivity index (χ0n) is 11.7. The van der Waals surface area contributed by atoms with E-state index in [0.29, 0.717) is 12.8 Å². The number of rotatable bonds is 2. The second kappa shape index (κ2) is 5.07. The molecule has 0 unspecified atom stereocenters. The van der Waals surface area contributed by atoms with Crippen molar-refractivity contribution in [2.75, 3.05) is 19.6 Å². The first-order chi connectivity index (χ1) is 9.63. The normalized spacial score (nSPS) is 25.4. The van der Waals surface area contributed by atoms with Crippen LogP contribution in [0.1, 0.15) is 44.9 Å². The third-order valence-electron chi connectivity index (χ3n) is 4.84. The number of amides is 4. The first kappa shape index (κ1) is 13.4. The van der Waals surface area contributed by atoms with Crippen molar-refractivity contribution in [3.05, 3.63) is 0 Å². The number of imide groups is 1. The fourth-order valence-corrected chi connectivity index (χ4v) is 3.66. The summed E-state index contributed by atoms with van der Waals surface area (Å²) < 4.78 is 0. The highest BCUT2D eigenvalue weighted by molar-refractivity contribution is 6.08. The van der Waals surface area contributed by atoms with Gasteiger partial charge in [-0.2, -0.15) is 0 Å². The zero-order valence-corrected chi connectivity index (χ0v) is 11.7. The number of hydrogen-bond acceptors (Lipinski definition) is 3. The molecule has 3 aliphatic rings. The molecule has 6 heteroatoms. The Kier molecular flexibility index (Phi) is 3.40. The molecule has 0 aromatic rings. The van der Waals surface area contributed by atoms with Crippen LogP contribution in [0.4, 0.5) is 4.79 Å². The van der Waals surface area contributed by atoms with Crippen molar-refractivity contribution in [1.82, 2.24) is 15.1 Å². The van der Waals surface area contributed by atoms with Crippen LogP contribution in [0.15, 0.2) is 0 Å². The molecule has 0 aromatic carbocycles. The molecule has 2 aliphatic heterocycles. The highest BCUT2D eigenvalue weighted by atomic mass is 16.2. The summed E-state index contributed by atoms with van der Waals surface area (Å²) in [6.45, 7) is 1.59. The number of nitrogens with one attached hydrogen (secondary N) is 1. The highest BCUT2D eigenvalue weighted by Crippen LogP contribution is 2.37. The second-order valence-electron chi connectivity index (χ2n) is 6.03. The van der Waals surface area contributed by atoms with E-state index in [1.54, 1.807) is 4.90 Å². The molecule has 6 nitrogen and oxygen atoms in total. The molecule has 1 saturated carbocycles. The minimum absolute atomic E-state index is 0.0303. The molecule has 110 valence electrons. The summed E-state index contributed by atoms with van der Waals surface area (Å²) in [6.07, 6.45) is 6.39. The third kappa shape index (κ3) is 2.07. The average Bonchev–Trinajstić information content (AvgIpc) is 3.04. The van der Waals surface area contributed by atoms with Gasteiger partial charge in [-0.1, -0.05) is 19.3 Å². The lowest BCUT2D eigenvalue weighted by Crippen LogP contribution is -2.54. The van der Waals surface area contributed by atoms with Crippen molar-refractivity contribution in [2.24, 2.45) is 0 Å². The summed E-state index contributed by atoms with van der Waals surface area (Å²) in [7, 11) is 0. The molecule has 20 heavy (non-hydrogen) atoms. The van der Waals surface area contributed by atoms with Gasteiger partial charge in [0.2, 0.25) is 5.91 Å². The van der Waals surface area contributed by atoms with Gasteiger partial charge in [0, 0.05) is 13.1 Å². The quantitative estimate of drug-likeness (QED) is 0.762. The molecule has 2 heterocycles. The largest absolute Gasteiger partial charge is 0.341 e. The minimum atomic E-state index is -0.759. The Morgan fingerprint density at radius 1 is 1.05 bits per heavy atom. The number of nitrogens with zero attached hydrogens (tertiary/aromatic N) is 2. The summed E-state index contributed by atoms with van der Waals surface area (Å²) in [5, 5.41) is 2.40. The molecule has 1 aliphatic carbocycles. The molecular formula is C14H21N3O3. The van der Waals surface area contributed by atoms with E-state index in [0.717, 1.165) is 45.2 Å². The standard InChI is InChI=1S/C14H21N3O3/c18-11(16-8-4-5-9-16)10-17-13(20)15-12(19)14(17)6-2-1-3-7-14/h1-10H2,(H,15,19,20). The Morgan fingerprint density at radius 2 is 1.70 bits per heavy atom. The average molecular weight is 279 g/mol. The first-order valence-electron chi connectivity index (χ1n) is 7.54. The van der Waals surface area contributed by atoms with Crippen molar-refractivity contribution in [3.8, 4) is 0 Å². The number of urea groups is 1. The topological polar surface area (TPSA) is 69.7 Å². The van der Waals surface area contributed by atoms with E-state index in [4.69, 9.17) is 0 Å². The smallest absolute Gasteiger partial charge is 0.325 e. The van der Waals surface area contributed by atoms with Gasteiger partial charge in [-0.3, -0.25) is 14.9 Å². The summed E-state index contributed by atoms with van der Waals surface area (Å²) in [5.74, 6) is -0.242. The lowest BCUT2D eigenvalue weighted by atomic mass is 9.80. The fourth-order valence-electron chi connectivity index (χ4n) is 3.66. The van der Waals surface area contributed by atoms with Crippen molar-refractivity contribution in [3.63, 3.8) is 0 Å². The van der Waals surface area contributed by atoms with Gasteiger partial charge in [0.05, 0.1) is 0 Å². The van der Waals surface area contributed by atoms with Gasteiger partial charge in [0.15, 0.2) is 0 Å². The Hall–Kier alpha value is -1.59. The van der Waals surface area contributed by atoms with Crippen LogP contribution in [-0.2, 0) is 9.59 Å². The molecule has 1 spiro atoms. The summed E-state index contributed by atoms with van der Waals surface area (Å²) >= 11 is 0. The predicted molar refractivity (Wildman–Crippen MR) is 71.9 cm³/mol. The SMILES string of the molecule is O=C(CN1C(=O)NC(=O)C12CCCCC2)N1CCCC1. The van der Waals surface area contributed by atoms with Gasteiger partial charge in [-0.25, -0.2) is 4.79 Å². The van der Waals surface area contributed by atoms with Crippen molar-refractivity contribution in [1.29, 1.82) is 0 Å². The summed E-state index contributed by atoms with van der Waals surface area (Å²) in [4.78, 5) is 39.8. The molecular weight excluding hydrogens is 258 g/mol.